The number of nitrogens with zero attached hydrogens (tertiary/aromatic N) is 8. The minimum absolute atomic E-state index is 0.0303. The number of hydrogen-bond donors (Lipinski definition) is 0. The largest absolute Gasteiger partial charge is 0.384 e. The molecule has 10 heteroatoms. The lowest BCUT2D eigenvalue weighted by molar-refractivity contribution is -0.134. The van der Waals surface area contributed by atoms with Crippen LogP contribution in [0.4, 0.5) is 5.82 Å². The highest BCUT2D eigenvalue weighted by Gasteiger charge is 2.33. The summed E-state index contributed by atoms with van der Waals surface area (Å²) >= 11 is 0. The maximum absolute atomic E-state index is 12.5. The number of nitriles is 1. The van der Waals surface area contributed by atoms with Crippen LogP contribution in [0.2, 0.25) is 0 Å². The fraction of sp³-hybridized carbons (Fsp3) is 0.478. The molecule has 1 amide bonds. The standard InChI is InChI=1S/C23H26N8O2/c1-15-13-29(8-9-30(15)21(32)7-10-33-2)23-18(12-24)11-19(22(25-23)16-3-4-16)17-5-6-20-26-27-28-31(20)14-17/h5-6,11,14-16H,3-4,7-10,13H2,1-2H3/t15-/m1/s1. The number of rotatable bonds is 6. The molecule has 0 aromatic carbocycles. The summed E-state index contributed by atoms with van der Waals surface area (Å²) in [5.41, 5.74) is 4.12. The third kappa shape index (κ3) is 4.12. The first-order valence-corrected chi connectivity index (χ1v) is 11.3. The summed E-state index contributed by atoms with van der Waals surface area (Å²) in [5, 5.41) is 21.7. The van der Waals surface area contributed by atoms with Crippen LogP contribution in [-0.4, -0.2) is 75.2 Å². The van der Waals surface area contributed by atoms with Crippen LogP contribution in [0.25, 0.3) is 16.8 Å². The molecule has 5 rings (SSSR count). The Morgan fingerprint density at radius 2 is 2.15 bits per heavy atom. The summed E-state index contributed by atoms with van der Waals surface area (Å²) in [7, 11) is 1.60. The molecule has 0 spiro atoms. The SMILES string of the molecule is COCCC(=O)N1CCN(c2nc(C3CC3)c(-c3ccc4nnnn4c3)cc2C#N)C[C@H]1C. The lowest BCUT2D eigenvalue weighted by Gasteiger charge is -2.41. The van der Waals surface area contributed by atoms with Crippen molar-refractivity contribution in [2.45, 2.75) is 38.1 Å². The van der Waals surface area contributed by atoms with E-state index in [1.807, 2.05) is 36.2 Å². The van der Waals surface area contributed by atoms with Crippen LogP contribution < -0.4 is 4.90 Å². The van der Waals surface area contributed by atoms with Gasteiger partial charge in [-0.1, -0.05) is 0 Å². The Kier molecular flexibility index (Phi) is 5.64. The van der Waals surface area contributed by atoms with E-state index in [0.29, 0.717) is 55.6 Å². The van der Waals surface area contributed by atoms with E-state index in [2.05, 4.69) is 26.5 Å². The Bertz CT molecular complexity index is 1230. The molecule has 0 unspecified atom stereocenters. The summed E-state index contributed by atoms with van der Waals surface area (Å²) in [4.78, 5) is 21.6. The van der Waals surface area contributed by atoms with Gasteiger partial charge in [0, 0.05) is 56.0 Å². The van der Waals surface area contributed by atoms with Crippen LogP contribution in [0.5, 0.6) is 0 Å². The number of tetrazole rings is 1. The van der Waals surface area contributed by atoms with Gasteiger partial charge in [0.2, 0.25) is 5.91 Å². The zero-order valence-corrected chi connectivity index (χ0v) is 18.8. The number of amides is 1. The number of methoxy groups -OCH3 is 1. The fourth-order valence-electron chi connectivity index (χ4n) is 4.49. The predicted octanol–water partition coefficient (Wildman–Crippen LogP) is 2.01. The van der Waals surface area contributed by atoms with E-state index in [-0.39, 0.29) is 11.9 Å². The van der Waals surface area contributed by atoms with Crippen molar-refractivity contribution < 1.29 is 9.53 Å². The molecule has 3 aromatic rings. The number of pyridine rings is 2. The molecule has 10 nitrogen and oxygen atoms in total. The van der Waals surface area contributed by atoms with Gasteiger partial charge in [0.15, 0.2) is 5.65 Å². The van der Waals surface area contributed by atoms with Crippen molar-refractivity contribution in [3.8, 4) is 17.2 Å². The van der Waals surface area contributed by atoms with Gasteiger partial charge in [-0.2, -0.15) is 5.26 Å². The van der Waals surface area contributed by atoms with Gasteiger partial charge < -0.3 is 14.5 Å². The minimum atomic E-state index is 0.0303. The Balaban J connectivity index is 1.46. The average molecular weight is 447 g/mol. The first-order valence-electron chi connectivity index (χ1n) is 11.3. The van der Waals surface area contributed by atoms with E-state index in [9.17, 15) is 10.1 Å². The second-order valence-corrected chi connectivity index (χ2v) is 8.70. The lowest BCUT2D eigenvalue weighted by Crippen LogP contribution is -2.54. The van der Waals surface area contributed by atoms with Crippen molar-refractivity contribution in [1.29, 1.82) is 5.26 Å². The molecule has 170 valence electrons. The van der Waals surface area contributed by atoms with Crippen molar-refractivity contribution in [1.82, 2.24) is 29.9 Å². The summed E-state index contributed by atoms with van der Waals surface area (Å²) in [6.45, 7) is 4.35. The van der Waals surface area contributed by atoms with Crippen LogP contribution in [-0.2, 0) is 9.53 Å². The summed E-state index contributed by atoms with van der Waals surface area (Å²) in [6.07, 6.45) is 4.45. The highest BCUT2D eigenvalue weighted by Crippen LogP contribution is 2.45. The molecule has 0 radical (unpaired) electrons. The van der Waals surface area contributed by atoms with Gasteiger partial charge in [-0.05, 0) is 48.4 Å². The van der Waals surface area contributed by atoms with Crippen LogP contribution >= 0.6 is 0 Å². The predicted molar refractivity (Wildman–Crippen MR) is 121 cm³/mol. The minimum Gasteiger partial charge on any atom is -0.384 e. The van der Waals surface area contributed by atoms with Crippen molar-refractivity contribution in [2.24, 2.45) is 0 Å². The van der Waals surface area contributed by atoms with E-state index in [1.54, 1.807) is 11.6 Å². The third-order valence-electron chi connectivity index (χ3n) is 6.39. The van der Waals surface area contributed by atoms with E-state index in [0.717, 1.165) is 29.7 Å². The summed E-state index contributed by atoms with van der Waals surface area (Å²) in [5.74, 6) is 1.21. The number of carbonyl (C=O) groups excluding carboxylic acids is 1. The van der Waals surface area contributed by atoms with E-state index >= 15 is 0 Å². The molecule has 1 saturated carbocycles. The van der Waals surface area contributed by atoms with E-state index in [1.165, 1.54) is 0 Å². The second kappa shape index (κ2) is 8.75. The summed E-state index contributed by atoms with van der Waals surface area (Å²) in [6, 6.07) is 8.17. The maximum Gasteiger partial charge on any atom is 0.225 e. The molecule has 33 heavy (non-hydrogen) atoms. The fourth-order valence-corrected chi connectivity index (χ4v) is 4.49. The van der Waals surface area contributed by atoms with Gasteiger partial charge in [0.1, 0.15) is 11.9 Å². The van der Waals surface area contributed by atoms with Gasteiger partial charge in [-0.15, -0.1) is 5.10 Å². The van der Waals surface area contributed by atoms with Gasteiger partial charge in [0.25, 0.3) is 0 Å². The normalized spacial score (nSPS) is 18.5. The van der Waals surface area contributed by atoms with E-state index in [4.69, 9.17) is 9.72 Å². The number of hydrogen-bond acceptors (Lipinski definition) is 8. The van der Waals surface area contributed by atoms with Crippen LogP contribution in [0.1, 0.15) is 43.4 Å². The van der Waals surface area contributed by atoms with Gasteiger partial charge in [-0.3, -0.25) is 4.79 Å². The molecule has 2 fully saturated rings. The quantitative estimate of drug-likeness (QED) is 0.565. The smallest absolute Gasteiger partial charge is 0.225 e. The molecular weight excluding hydrogens is 420 g/mol. The van der Waals surface area contributed by atoms with Gasteiger partial charge in [0.05, 0.1) is 24.3 Å². The third-order valence-corrected chi connectivity index (χ3v) is 6.39. The van der Waals surface area contributed by atoms with Crippen molar-refractivity contribution in [3.05, 3.63) is 35.7 Å². The number of ether oxygens (including phenoxy) is 1. The highest BCUT2D eigenvalue weighted by atomic mass is 16.5. The monoisotopic (exact) mass is 446 g/mol. The number of carbonyl (C=O) groups is 1. The van der Waals surface area contributed by atoms with Gasteiger partial charge >= 0.3 is 0 Å². The lowest BCUT2D eigenvalue weighted by atomic mass is 10.00. The Labute approximate surface area is 191 Å². The number of aromatic nitrogens is 5. The molecular formula is C23H26N8O2. The van der Waals surface area contributed by atoms with Crippen LogP contribution in [0.15, 0.2) is 24.4 Å². The molecule has 1 aliphatic heterocycles. The molecule has 1 aliphatic carbocycles. The molecule has 1 atom stereocenters. The zero-order valence-electron chi connectivity index (χ0n) is 18.8. The van der Waals surface area contributed by atoms with Gasteiger partial charge in [-0.25, -0.2) is 9.50 Å². The Morgan fingerprint density at radius 1 is 1.30 bits per heavy atom. The Morgan fingerprint density at radius 3 is 2.88 bits per heavy atom. The highest BCUT2D eigenvalue weighted by molar-refractivity contribution is 5.77. The summed E-state index contributed by atoms with van der Waals surface area (Å²) < 4.78 is 6.68. The number of fused-ring (bicyclic) bond motifs is 1. The molecule has 4 heterocycles. The van der Waals surface area contributed by atoms with Crippen molar-refractivity contribution in [2.75, 3.05) is 38.3 Å². The number of anilines is 1. The molecule has 0 N–H and O–H groups in total. The molecule has 1 saturated heterocycles. The van der Waals surface area contributed by atoms with Crippen molar-refractivity contribution in [3.63, 3.8) is 0 Å². The Hall–Kier alpha value is -3.58. The first kappa shape index (κ1) is 21.3. The molecule has 3 aromatic heterocycles. The topological polar surface area (TPSA) is 113 Å². The van der Waals surface area contributed by atoms with E-state index < -0.39 is 0 Å². The van der Waals surface area contributed by atoms with Crippen LogP contribution in [0.3, 0.4) is 0 Å². The molecule has 0 bridgehead atoms. The second-order valence-electron chi connectivity index (χ2n) is 8.70. The average Bonchev–Trinajstić information content (AvgIpc) is 3.58. The first-order chi connectivity index (χ1) is 16.1. The maximum atomic E-state index is 12.5. The number of piperazine rings is 1. The zero-order chi connectivity index (χ0) is 22.9. The van der Waals surface area contributed by atoms with Crippen molar-refractivity contribution >= 4 is 17.4 Å². The van der Waals surface area contributed by atoms with Crippen LogP contribution in [0, 0.1) is 11.3 Å². The molecule has 2 aliphatic rings.